The van der Waals surface area contributed by atoms with Crippen molar-refractivity contribution in [2.45, 2.75) is 11.5 Å². The zero-order valence-corrected chi connectivity index (χ0v) is 20.7. The number of fused-ring (bicyclic) bond motifs is 1. The van der Waals surface area contributed by atoms with Crippen molar-refractivity contribution in [1.29, 1.82) is 0 Å². The minimum absolute atomic E-state index is 0.180. The van der Waals surface area contributed by atoms with Crippen LogP contribution in [-0.4, -0.2) is 17.9 Å². The van der Waals surface area contributed by atoms with Crippen LogP contribution in [-0.2, 0) is 11.4 Å². The first kappa shape index (κ1) is 23.4. The summed E-state index contributed by atoms with van der Waals surface area (Å²) in [7, 11) is 0. The van der Waals surface area contributed by atoms with Gasteiger partial charge in [0.05, 0.1) is 16.4 Å². The van der Waals surface area contributed by atoms with Crippen LogP contribution in [0.3, 0.4) is 0 Å². The molecule has 0 aromatic heterocycles. The number of nitrogens with zero attached hydrogens (tertiary/aromatic N) is 1. The zero-order chi connectivity index (χ0) is 23.0. The van der Waals surface area contributed by atoms with E-state index in [1.54, 1.807) is 18.3 Å². The van der Waals surface area contributed by atoms with Crippen molar-refractivity contribution in [3.8, 4) is 5.75 Å². The van der Waals surface area contributed by atoms with E-state index < -0.39 is 0 Å². The SMILES string of the molecule is O=C(CSc1ccc(Cl)cc1)N/N=C\c1ccc(OCc2ccc3ccccc3c2)c(Br)c1. The first-order chi connectivity index (χ1) is 16.1. The predicted molar refractivity (Wildman–Crippen MR) is 140 cm³/mol. The molecule has 0 fully saturated rings. The summed E-state index contributed by atoms with van der Waals surface area (Å²) in [6, 6.07) is 27.6. The number of hydrogen-bond donors (Lipinski definition) is 1. The van der Waals surface area contributed by atoms with Crippen LogP contribution < -0.4 is 10.2 Å². The van der Waals surface area contributed by atoms with E-state index in [1.807, 2.05) is 42.5 Å². The van der Waals surface area contributed by atoms with Gasteiger partial charge in [0.15, 0.2) is 0 Å². The Morgan fingerprint density at radius 3 is 2.58 bits per heavy atom. The number of carbonyl (C=O) groups is 1. The normalized spacial score (nSPS) is 11.1. The molecule has 0 aliphatic carbocycles. The third-order valence-corrected chi connectivity index (χ3v) is 6.63. The molecule has 0 atom stereocenters. The first-order valence-electron chi connectivity index (χ1n) is 10.2. The molecule has 0 unspecified atom stereocenters. The second-order valence-electron chi connectivity index (χ2n) is 7.20. The molecule has 1 N–H and O–H groups in total. The maximum Gasteiger partial charge on any atom is 0.250 e. The Kier molecular flexibility index (Phi) is 8.05. The van der Waals surface area contributed by atoms with E-state index in [2.05, 4.69) is 56.8 Å². The van der Waals surface area contributed by atoms with E-state index in [0.29, 0.717) is 11.6 Å². The lowest BCUT2D eigenvalue weighted by molar-refractivity contribution is -0.118. The number of amides is 1. The van der Waals surface area contributed by atoms with Gasteiger partial charge >= 0.3 is 0 Å². The molecule has 4 nitrogen and oxygen atoms in total. The Hall–Kier alpha value is -2.80. The van der Waals surface area contributed by atoms with Gasteiger partial charge in [0.25, 0.3) is 0 Å². The molecule has 4 aromatic carbocycles. The molecule has 4 aromatic rings. The highest BCUT2D eigenvalue weighted by Crippen LogP contribution is 2.27. The molecule has 1 amide bonds. The van der Waals surface area contributed by atoms with Gasteiger partial charge in [-0.25, -0.2) is 5.43 Å². The Bertz CT molecular complexity index is 1300. The largest absolute Gasteiger partial charge is 0.488 e. The Morgan fingerprint density at radius 2 is 1.79 bits per heavy atom. The molecule has 0 radical (unpaired) electrons. The van der Waals surface area contributed by atoms with Crippen LogP contribution in [0.2, 0.25) is 5.02 Å². The van der Waals surface area contributed by atoms with Gasteiger partial charge < -0.3 is 4.74 Å². The monoisotopic (exact) mass is 538 g/mol. The van der Waals surface area contributed by atoms with Crippen molar-refractivity contribution in [2.75, 3.05) is 5.75 Å². The Morgan fingerprint density at radius 1 is 1.00 bits per heavy atom. The van der Waals surface area contributed by atoms with Gasteiger partial charge in [0.1, 0.15) is 12.4 Å². The summed E-state index contributed by atoms with van der Waals surface area (Å²) in [5.74, 6) is 0.828. The highest BCUT2D eigenvalue weighted by molar-refractivity contribution is 9.10. The van der Waals surface area contributed by atoms with Crippen molar-refractivity contribution in [1.82, 2.24) is 5.43 Å². The summed E-state index contributed by atoms with van der Waals surface area (Å²) >= 11 is 10.8. The topological polar surface area (TPSA) is 50.7 Å². The molecule has 0 saturated heterocycles. The fourth-order valence-corrected chi connectivity index (χ4v) is 4.42. The van der Waals surface area contributed by atoms with E-state index in [9.17, 15) is 4.79 Å². The smallest absolute Gasteiger partial charge is 0.250 e. The van der Waals surface area contributed by atoms with Crippen LogP contribution >= 0.6 is 39.3 Å². The number of hydrogen-bond acceptors (Lipinski definition) is 4. The van der Waals surface area contributed by atoms with E-state index in [0.717, 1.165) is 26.2 Å². The molecular formula is C26H20BrClN2O2S. The average Bonchev–Trinajstić information content (AvgIpc) is 2.83. The summed E-state index contributed by atoms with van der Waals surface area (Å²) in [5, 5.41) is 7.11. The maximum atomic E-state index is 12.0. The second kappa shape index (κ2) is 11.4. The maximum absolute atomic E-state index is 12.0. The third-order valence-electron chi connectivity index (χ3n) is 4.75. The van der Waals surface area contributed by atoms with Gasteiger partial charge in [-0.05, 0) is 86.4 Å². The third kappa shape index (κ3) is 6.84. The average molecular weight is 540 g/mol. The Labute approximate surface area is 210 Å². The van der Waals surface area contributed by atoms with Crippen molar-refractivity contribution < 1.29 is 9.53 Å². The highest BCUT2D eigenvalue weighted by atomic mass is 79.9. The lowest BCUT2D eigenvalue weighted by Gasteiger charge is -2.10. The van der Waals surface area contributed by atoms with Crippen LogP contribution in [0.25, 0.3) is 10.8 Å². The van der Waals surface area contributed by atoms with Gasteiger partial charge in [-0.1, -0.05) is 48.0 Å². The number of ether oxygens (including phenoxy) is 1. The van der Waals surface area contributed by atoms with Crippen molar-refractivity contribution in [3.05, 3.63) is 106 Å². The van der Waals surface area contributed by atoms with Gasteiger partial charge in [-0.2, -0.15) is 5.10 Å². The molecule has 33 heavy (non-hydrogen) atoms. The van der Waals surface area contributed by atoms with Gasteiger partial charge in [0, 0.05) is 9.92 Å². The zero-order valence-electron chi connectivity index (χ0n) is 17.5. The molecule has 0 aliphatic heterocycles. The van der Waals surface area contributed by atoms with Crippen molar-refractivity contribution in [3.63, 3.8) is 0 Å². The molecule has 0 aliphatic rings. The van der Waals surface area contributed by atoms with Gasteiger partial charge in [0.2, 0.25) is 5.91 Å². The van der Waals surface area contributed by atoms with Crippen LogP contribution in [0.1, 0.15) is 11.1 Å². The molecule has 0 saturated carbocycles. The van der Waals surface area contributed by atoms with E-state index in [1.165, 1.54) is 22.5 Å². The van der Waals surface area contributed by atoms with E-state index in [-0.39, 0.29) is 11.7 Å². The summed E-state index contributed by atoms with van der Waals surface area (Å²) in [6.45, 7) is 0.470. The molecular weight excluding hydrogens is 520 g/mol. The first-order valence-corrected chi connectivity index (χ1v) is 12.3. The lowest BCUT2D eigenvalue weighted by atomic mass is 10.1. The second-order valence-corrected chi connectivity index (χ2v) is 9.54. The van der Waals surface area contributed by atoms with Crippen LogP contribution in [0.15, 0.2) is 99.4 Å². The highest BCUT2D eigenvalue weighted by Gasteiger charge is 2.05. The standard InChI is InChI=1S/C26H20BrClN2O2S/c27-24-14-18(15-29-30-26(31)17-33-23-10-8-22(28)9-11-23)6-12-25(24)32-16-19-5-7-20-3-1-2-4-21(20)13-19/h1-15H,16-17H2,(H,30,31)/b29-15-. The van der Waals surface area contributed by atoms with E-state index >= 15 is 0 Å². The van der Waals surface area contributed by atoms with Crippen molar-refractivity contribution >= 4 is 62.2 Å². The van der Waals surface area contributed by atoms with Crippen LogP contribution in [0, 0.1) is 0 Å². The molecule has 7 heteroatoms. The number of thioether (sulfide) groups is 1. The minimum Gasteiger partial charge on any atom is -0.488 e. The summed E-state index contributed by atoms with van der Waals surface area (Å²) in [4.78, 5) is 13.0. The lowest BCUT2D eigenvalue weighted by Crippen LogP contribution is -2.19. The minimum atomic E-state index is -0.180. The predicted octanol–water partition coefficient (Wildman–Crippen LogP) is 7.08. The number of nitrogens with one attached hydrogen (secondary N) is 1. The fraction of sp³-hybridized carbons (Fsp3) is 0.0769. The van der Waals surface area contributed by atoms with Gasteiger partial charge in [-0.15, -0.1) is 11.8 Å². The number of carbonyl (C=O) groups excluding carboxylic acids is 1. The van der Waals surface area contributed by atoms with Gasteiger partial charge in [-0.3, -0.25) is 4.79 Å². The van der Waals surface area contributed by atoms with E-state index in [4.69, 9.17) is 16.3 Å². The number of halogens is 2. The van der Waals surface area contributed by atoms with Crippen LogP contribution in [0.4, 0.5) is 0 Å². The molecule has 0 heterocycles. The van der Waals surface area contributed by atoms with Crippen LogP contribution in [0.5, 0.6) is 5.75 Å². The van der Waals surface area contributed by atoms with Crippen molar-refractivity contribution in [2.24, 2.45) is 5.10 Å². The summed E-state index contributed by atoms with van der Waals surface area (Å²) in [6.07, 6.45) is 1.60. The fourth-order valence-electron chi connectivity index (χ4n) is 3.09. The summed E-state index contributed by atoms with van der Waals surface area (Å²) < 4.78 is 6.80. The molecule has 0 spiro atoms. The number of rotatable bonds is 8. The molecule has 166 valence electrons. The summed E-state index contributed by atoms with van der Waals surface area (Å²) in [5.41, 5.74) is 4.49. The quantitative estimate of drug-likeness (QED) is 0.148. The Balaban J connectivity index is 1.27. The number of hydrazone groups is 1. The molecule has 4 rings (SSSR count). The molecule has 0 bridgehead atoms. The number of benzene rings is 4.